The van der Waals surface area contributed by atoms with Crippen LogP contribution in [0.2, 0.25) is 0 Å². The Bertz CT molecular complexity index is 1200. The predicted molar refractivity (Wildman–Crippen MR) is 130 cm³/mol. The number of hydrogen-bond donors (Lipinski definition) is 1. The number of methoxy groups -OCH3 is 1. The summed E-state index contributed by atoms with van der Waals surface area (Å²) in [5.74, 6) is 0.936. The zero-order valence-electron chi connectivity index (χ0n) is 19.2. The highest BCUT2D eigenvalue weighted by Crippen LogP contribution is 2.29. The second-order valence-corrected chi connectivity index (χ2v) is 9.37. The number of benzene rings is 3. The van der Waals surface area contributed by atoms with Gasteiger partial charge < -0.3 is 14.8 Å². The molecule has 3 aromatic carbocycles. The zero-order chi connectivity index (χ0) is 23.8. The fraction of sp³-hybridized carbons (Fsp3) is 0.320. The Hall–Kier alpha value is -3.10. The summed E-state index contributed by atoms with van der Waals surface area (Å²) in [7, 11) is -2.17. The molecule has 0 atom stereocenters. The maximum Gasteiger partial charge on any atom is 0.243 e. The summed E-state index contributed by atoms with van der Waals surface area (Å²) < 4.78 is 38.2. The minimum atomic E-state index is -3.65. The van der Waals surface area contributed by atoms with Crippen LogP contribution in [0.4, 0.5) is 5.69 Å². The fourth-order valence-corrected chi connectivity index (χ4v) is 5.09. The van der Waals surface area contributed by atoms with E-state index in [1.54, 1.807) is 19.9 Å². The van der Waals surface area contributed by atoms with Crippen molar-refractivity contribution in [2.75, 3.05) is 32.1 Å². The van der Waals surface area contributed by atoms with Crippen LogP contribution in [0.15, 0.2) is 65.6 Å². The molecule has 3 aromatic rings. The molecule has 0 aliphatic rings. The molecule has 0 saturated heterocycles. The molecule has 0 unspecified atom stereocenters. The molecular formula is C25H30N2O5S. The molecule has 8 heteroatoms. The average molecular weight is 471 g/mol. The lowest BCUT2D eigenvalue weighted by atomic mass is 10.1. The van der Waals surface area contributed by atoms with Gasteiger partial charge >= 0.3 is 0 Å². The molecule has 0 radical (unpaired) electrons. The van der Waals surface area contributed by atoms with Gasteiger partial charge in [0.1, 0.15) is 11.5 Å². The summed E-state index contributed by atoms with van der Waals surface area (Å²) in [6.45, 7) is 4.68. The first-order valence-corrected chi connectivity index (χ1v) is 12.4. The molecule has 0 saturated carbocycles. The van der Waals surface area contributed by atoms with E-state index >= 15 is 0 Å². The molecule has 176 valence electrons. The number of rotatable bonds is 11. The average Bonchev–Trinajstić information content (AvgIpc) is 2.82. The molecule has 3 rings (SSSR count). The Morgan fingerprint density at radius 1 is 0.970 bits per heavy atom. The molecule has 0 spiro atoms. The Labute approximate surface area is 195 Å². The van der Waals surface area contributed by atoms with Gasteiger partial charge in [0.2, 0.25) is 15.9 Å². The Balaban J connectivity index is 1.62. The quantitative estimate of drug-likeness (QED) is 0.412. The Morgan fingerprint density at radius 3 is 2.42 bits per heavy atom. The first-order valence-electron chi connectivity index (χ1n) is 11.0. The van der Waals surface area contributed by atoms with Crippen molar-refractivity contribution in [3.05, 3.63) is 60.7 Å². The lowest BCUT2D eigenvalue weighted by Gasteiger charge is -2.19. The van der Waals surface area contributed by atoms with E-state index in [0.29, 0.717) is 37.6 Å². The Morgan fingerprint density at radius 2 is 1.70 bits per heavy atom. The first kappa shape index (κ1) is 24.5. The second-order valence-electron chi connectivity index (χ2n) is 7.43. The van der Waals surface area contributed by atoms with Crippen LogP contribution in [0.25, 0.3) is 10.8 Å². The molecule has 0 aliphatic heterocycles. The Kier molecular flexibility index (Phi) is 8.30. The molecule has 33 heavy (non-hydrogen) atoms. The second kappa shape index (κ2) is 11.2. The number of nitrogens with one attached hydrogen (secondary N) is 1. The molecule has 1 amide bonds. The van der Waals surface area contributed by atoms with Crippen molar-refractivity contribution in [3.63, 3.8) is 0 Å². The van der Waals surface area contributed by atoms with Crippen molar-refractivity contribution in [2.24, 2.45) is 0 Å². The van der Waals surface area contributed by atoms with Crippen LogP contribution < -0.4 is 14.8 Å². The third-order valence-corrected chi connectivity index (χ3v) is 7.39. The van der Waals surface area contributed by atoms with Crippen LogP contribution >= 0.6 is 0 Å². The summed E-state index contributed by atoms with van der Waals surface area (Å²) in [5, 5.41) is 4.90. The molecule has 0 aromatic heterocycles. The standard InChI is InChI=1S/C25H30N2O5S/c1-4-27(5-2)33(29,30)20-15-16-24(31-3)22(18-20)26-25(28)14-9-17-32-23-13-8-11-19-10-6-7-12-21(19)23/h6-8,10-13,15-16,18H,4-5,9,14,17H2,1-3H3,(H,26,28). The lowest BCUT2D eigenvalue weighted by molar-refractivity contribution is -0.116. The molecule has 1 N–H and O–H groups in total. The van der Waals surface area contributed by atoms with Crippen LogP contribution in [0, 0.1) is 0 Å². The van der Waals surface area contributed by atoms with Gasteiger partial charge in [-0.05, 0) is 36.1 Å². The summed E-state index contributed by atoms with van der Waals surface area (Å²) >= 11 is 0. The van der Waals surface area contributed by atoms with Gasteiger partial charge in [0.25, 0.3) is 0 Å². The van der Waals surface area contributed by atoms with Crippen LogP contribution in [-0.4, -0.2) is 45.4 Å². The van der Waals surface area contributed by atoms with Crippen molar-refractivity contribution >= 4 is 32.4 Å². The smallest absolute Gasteiger partial charge is 0.243 e. The summed E-state index contributed by atoms with van der Waals surface area (Å²) in [6, 6.07) is 18.3. The van der Waals surface area contributed by atoms with Crippen LogP contribution in [-0.2, 0) is 14.8 Å². The van der Waals surface area contributed by atoms with Gasteiger partial charge in [-0.1, -0.05) is 50.2 Å². The molecule has 0 fully saturated rings. The molecule has 0 aliphatic carbocycles. The number of amides is 1. The number of carbonyl (C=O) groups excluding carboxylic acids is 1. The molecule has 0 heterocycles. The van der Waals surface area contributed by atoms with E-state index in [-0.39, 0.29) is 17.2 Å². The highest BCUT2D eigenvalue weighted by molar-refractivity contribution is 7.89. The highest BCUT2D eigenvalue weighted by atomic mass is 32.2. The molecular weight excluding hydrogens is 440 g/mol. The van der Waals surface area contributed by atoms with Gasteiger partial charge in [0, 0.05) is 24.9 Å². The van der Waals surface area contributed by atoms with E-state index < -0.39 is 10.0 Å². The van der Waals surface area contributed by atoms with Crippen LogP contribution in [0.5, 0.6) is 11.5 Å². The molecule has 7 nitrogen and oxygen atoms in total. The largest absolute Gasteiger partial charge is 0.495 e. The fourth-order valence-electron chi connectivity index (χ4n) is 3.61. The monoisotopic (exact) mass is 470 g/mol. The van der Waals surface area contributed by atoms with Crippen molar-refractivity contribution in [2.45, 2.75) is 31.6 Å². The SMILES string of the molecule is CCN(CC)S(=O)(=O)c1ccc(OC)c(NC(=O)CCCOc2cccc3ccccc23)c1. The molecule has 0 bridgehead atoms. The van der Waals surface area contributed by atoms with Gasteiger partial charge in [-0.25, -0.2) is 8.42 Å². The third kappa shape index (κ3) is 5.83. The van der Waals surface area contributed by atoms with Gasteiger partial charge in [-0.15, -0.1) is 0 Å². The number of fused-ring (bicyclic) bond motifs is 1. The van der Waals surface area contributed by atoms with Gasteiger partial charge in [0.15, 0.2) is 0 Å². The maximum absolute atomic E-state index is 12.8. The number of nitrogens with zero attached hydrogens (tertiary/aromatic N) is 1. The van der Waals surface area contributed by atoms with Crippen molar-refractivity contribution < 1.29 is 22.7 Å². The first-order chi connectivity index (χ1) is 15.9. The van der Waals surface area contributed by atoms with E-state index in [1.165, 1.54) is 23.5 Å². The van der Waals surface area contributed by atoms with E-state index in [1.807, 2.05) is 42.5 Å². The minimum absolute atomic E-state index is 0.113. The van der Waals surface area contributed by atoms with Crippen molar-refractivity contribution in [1.29, 1.82) is 0 Å². The number of sulfonamides is 1. The topological polar surface area (TPSA) is 84.9 Å². The number of hydrogen-bond acceptors (Lipinski definition) is 5. The highest BCUT2D eigenvalue weighted by Gasteiger charge is 2.23. The number of anilines is 1. The zero-order valence-corrected chi connectivity index (χ0v) is 20.0. The normalized spacial score (nSPS) is 11.5. The van der Waals surface area contributed by atoms with Gasteiger partial charge in [-0.2, -0.15) is 4.31 Å². The van der Waals surface area contributed by atoms with Crippen LogP contribution in [0.3, 0.4) is 0 Å². The van der Waals surface area contributed by atoms with E-state index in [0.717, 1.165) is 16.5 Å². The van der Waals surface area contributed by atoms with Crippen molar-refractivity contribution in [3.8, 4) is 11.5 Å². The van der Waals surface area contributed by atoms with Crippen molar-refractivity contribution in [1.82, 2.24) is 4.31 Å². The summed E-state index contributed by atoms with van der Waals surface area (Å²) in [6.07, 6.45) is 0.732. The summed E-state index contributed by atoms with van der Waals surface area (Å²) in [5.41, 5.74) is 0.325. The lowest BCUT2D eigenvalue weighted by Crippen LogP contribution is -2.30. The van der Waals surface area contributed by atoms with Gasteiger partial charge in [-0.3, -0.25) is 4.79 Å². The van der Waals surface area contributed by atoms with Crippen LogP contribution in [0.1, 0.15) is 26.7 Å². The predicted octanol–water partition coefficient (Wildman–Crippen LogP) is 4.68. The van der Waals surface area contributed by atoms with E-state index in [9.17, 15) is 13.2 Å². The minimum Gasteiger partial charge on any atom is -0.495 e. The van der Waals surface area contributed by atoms with Gasteiger partial charge in [0.05, 0.1) is 24.3 Å². The summed E-state index contributed by atoms with van der Waals surface area (Å²) in [4.78, 5) is 12.6. The maximum atomic E-state index is 12.8. The van der Waals surface area contributed by atoms with E-state index in [2.05, 4.69) is 5.32 Å². The number of carbonyl (C=O) groups is 1. The van der Waals surface area contributed by atoms with E-state index in [4.69, 9.17) is 9.47 Å². The number of ether oxygens (including phenoxy) is 2. The third-order valence-electron chi connectivity index (χ3n) is 5.34.